The monoisotopic (exact) mass is 335 g/mol. The van der Waals surface area contributed by atoms with Crippen LogP contribution < -0.4 is 5.32 Å². The number of aromatic nitrogens is 1. The molecule has 3 rings (SSSR count). The molecule has 7 heteroatoms. The summed E-state index contributed by atoms with van der Waals surface area (Å²) in [6, 6.07) is 4.33. The summed E-state index contributed by atoms with van der Waals surface area (Å²) in [5.41, 5.74) is -1.09. The van der Waals surface area contributed by atoms with Crippen LogP contribution in [-0.4, -0.2) is 10.9 Å². The van der Waals surface area contributed by atoms with Crippen LogP contribution >= 0.6 is 11.6 Å². The van der Waals surface area contributed by atoms with Gasteiger partial charge in [0.1, 0.15) is 10.9 Å². The van der Waals surface area contributed by atoms with Crippen LogP contribution in [0.15, 0.2) is 18.3 Å². The van der Waals surface area contributed by atoms with Gasteiger partial charge in [-0.3, -0.25) is 9.78 Å². The van der Waals surface area contributed by atoms with Gasteiger partial charge < -0.3 is 5.32 Å². The van der Waals surface area contributed by atoms with Crippen molar-refractivity contribution in [2.45, 2.75) is 25.7 Å². The molecule has 1 aromatic heterocycles. The largest absolute Gasteiger partial charge is 0.322 e. The Bertz CT molecular complexity index is 841. The summed E-state index contributed by atoms with van der Waals surface area (Å²) in [5.74, 6) is -2.55. The Labute approximate surface area is 136 Å². The molecule has 2 aromatic rings. The average Bonchev–Trinajstić information content (AvgIpc) is 3.04. The number of carbonyl (C=O) groups excluding carboxylic acids is 1. The number of hydrogen-bond donors (Lipinski definition) is 1. The lowest BCUT2D eigenvalue weighted by atomic mass is 9.87. The second-order valence-corrected chi connectivity index (χ2v) is 5.98. The van der Waals surface area contributed by atoms with Crippen molar-refractivity contribution in [3.05, 3.63) is 35.0 Å². The first-order chi connectivity index (χ1) is 11.0. The van der Waals surface area contributed by atoms with Gasteiger partial charge in [-0.2, -0.15) is 5.26 Å². The molecule has 0 atom stereocenters. The minimum absolute atomic E-state index is 0.0633. The van der Waals surface area contributed by atoms with E-state index in [4.69, 9.17) is 11.6 Å². The zero-order chi connectivity index (χ0) is 16.6. The fraction of sp³-hybridized carbons (Fsp3) is 0.312. The molecule has 0 unspecified atom stereocenters. The van der Waals surface area contributed by atoms with Crippen LogP contribution in [0.25, 0.3) is 10.9 Å². The molecule has 1 saturated carbocycles. The number of nitrogens with zero attached hydrogens (tertiary/aromatic N) is 2. The van der Waals surface area contributed by atoms with Crippen LogP contribution in [-0.2, 0) is 4.79 Å². The summed E-state index contributed by atoms with van der Waals surface area (Å²) in [5, 5.41) is 12.2. The fourth-order valence-electron chi connectivity index (χ4n) is 2.87. The molecule has 0 radical (unpaired) electrons. The van der Waals surface area contributed by atoms with Gasteiger partial charge in [-0.15, -0.1) is 0 Å². The van der Waals surface area contributed by atoms with Crippen LogP contribution in [0.1, 0.15) is 25.7 Å². The lowest BCUT2D eigenvalue weighted by Gasteiger charge is -2.19. The summed E-state index contributed by atoms with van der Waals surface area (Å²) in [6.07, 6.45) is 3.79. The SMILES string of the molecule is N#CC1(C(=O)Nc2cnc3c(F)c(F)ccc3c2Cl)CCCC1. The van der Waals surface area contributed by atoms with Crippen molar-refractivity contribution in [3.8, 4) is 6.07 Å². The molecule has 23 heavy (non-hydrogen) atoms. The normalized spacial score (nSPS) is 16.3. The molecule has 0 bridgehead atoms. The molecule has 0 spiro atoms. The highest BCUT2D eigenvalue weighted by Gasteiger charge is 2.41. The third-order valence-corrected chi connectivity index (χ3v) is 4.63. The molecule has 118 valence electrons. The van der Waals surface area contributed by atoms with Crippen molar-refractivity contribution in [2.75, 3.05) is 5.32 Å². The summed E-state index contributed by atoms with van der Waals surface area (Å²) in [4.78, 5) is 16.3. The van der Waals surface area contributed by atoms with Crippen LogP contribution in [0.4, 0.5) is 14.5 Å². The van der Waals surface area contributed by atoms with Crippen molar-refractivity contribution in [1.29, 1.82) is 5.26 Å². The van der Waals surface area contributed by atoms with E-state index in [1.807, 2.05) is 0 Å². The van der Waals surface area contributed by atoms with Gasteiger partial charge in [0.15, 0.2) is 11.6 Å². The van der Waals surface area contributed by atoms with Crippen LogP contribution in [0.2, 0.25) is 5.02 Å². The van der Waals surface area contributed by atoms with Gasteiger partial charge in [0, 0.05) is 5.39 Å². The maximum Gasteiger partial charge on any atom is 0.244 e. The predicted molar refractivity (Wildman–Crippen MR) is 81.8 cm³/mol. The van der Waals surface area contributed by atoms with Crippen molar-refractivity contribution in [2.24, 2.45) is 5.41 Å². The van der Waals surface area contributed by atoms with Crippen LogP contribution in [0.5, 0.6) is 0 Å². The molecule has 1 amide bonds. The Kier molecular flexibility index (Phi) is 3.90. The molecule has 0 saturated heterocycles. The summed E-state index contributed by atoms with van der Waals surface area (Å²) in [6.45, 7) is 0. The molecule has 1 aliphatic rings. The Morgan fingerprint density at radius 3 is 2.70 bits per heavy atom. The molecule has 1 heterocycles. The van der Waals surface area contributed by atoms with Gasteiger partial charge in [0.25, 0.3) is 0 Å². The molecule has 0 aliphatic heterocycles. The number of pyridine rings is 1. The second-order valence-electron chi connectivity index (χ2n) is 5.60. The summed E-state index contributed by atoms with van der Waals surface area (Å²) in [7, 11) is 0. The van der Waals surface area contributed by atoms with Gasteiger partial charge >= 0.3 is 0 Å². The van der Waals surface area contributed by atoms with Gasteiger partial charge in [0.05, 0.1) is 23.0 Å². The number of nitriles is 1. The Morgan fingerprint density at radius 2 is 2.04 bits per heavy atom. The molecule has 1 aliphatic carbocycles. The van der Waals surface area contributed by atoms with E-state index < -0.39 is 23.0 Å². The second kappa shape index (κ2) is 5.74. The van der Waals surface area contributed by atoms with Crippen LogP contribution in [0.3, 0.4) is 0 Å². The average molecular weight is 336 g/mol. The van der Waals surface area contributed by atoms with E-state index in [-0.39, 0.29) is 21.6 Å². The number of hydrogen-bond acceptors (Lipinski definition) is 3. The van der Waals surface area contributed by atoms with Gasteiger partial charge in [-0.1, -0.05) is 24.4 Å². The minimum atomic E-state index is -1.09. The third-order valence-electron chi connectivity index (χ3n) is 4.22. The summed E-state index contributed by atoms with van der Waals surface area (Å²) < 4.78 is 26.9. The third kappa shape index (κ3) is 2.51. The zero-order valence-electron chi connectivity index (χ0n) is 12.0. The number of fused-ring (bicyclic) bond motifs is 1. The molecular weight excluding hydrogens is 324 g/mol. The Hall–Kier alpha value is -2.26. The van der Waals surface area contributed by atoms with Gasteiger partial charge in [-0.05, 0) is 25.0 Å². The smallest absolute Gasteiger partial charge is 0.244 e. The number of amides is 1. The first-order valence-electron chi connectivity index (χ1n) is 7.13. The van der Waals surface area contributed by atoms with E-state index in [2.05, 4.69) is 16.4 Å². The number of carbonyl (C=O) groups is 1. The highest BCUT2D eigenvalue weighted by molar-refractivity contribution is 6.38. The maximum absolute atomic E-state index is 13.7. The highest BCUT2D eigenvalue weighted by Crippen LogP contribution is 2.39. The molecular formula is C16H12ClF2N3O. The van der Waals surface area contributed by atoms with Crippen molar-refractivity contribution in [1.82, 2.24) is 4.98 Å². The van der Waals surface area contributed by atoms with Crippen molar-refractivity contribution < 1.29 is 13.6 Å². The van der Waals surface area contributed by atoms with Crippen molar-refractivity contribution >= 4 is 34.1 Å². The first-order valence-corrected chi connectivity index (χ1v) is 7.51. The zero-order valence-corrected chi connectivity index (χ0v) is 12.8. The molecule has 1 fully saturated rings. The lowest BCUT2D eigenvalue weighted by molar-refractivity contribution is -0.122. The quantitative estimate of drug-likeness (QED) is 0.895. The van der Waals surface area contributed by atoms with E-state index in [1.54, 1.807) is 0 Å². The van der Waals surface area contributed by atoms with Gasteiger partial charge in [0.2, 0.25) is 5.91 Å². The van der Waals surface area contributed by atoms with E-state index in [9.17, 15) is 18.8 Å². The lowest BCUT2D eigenvalue weighted by Crippen LogP contribution is -2.32. The Morgan fingerprint density at radius 1 is 1.35 bits per heavy atom. The predicted octanol–water partition coefficient (Wildman–Crippen LogP) is 4.19. The summed E-state index contributed by atoms with van der Waals surface area (Å²) >= 11 is 6.18. The minimum Gasteiger partial charge on any atom is -0.322 e. The highest BCUT2D eigenvalue weighted by atomic mass is 35.5. The topological polar surface area (TPSA) is 65.8 Å². The molecule has 1 aromatic carbocycles. The number of anilines is 1. The van der Waals surface area contributed by atoms with E-state index >= 15 is 0 Å². The van der Waals surface area contributed by atoms with Crippen LogP contribution in [0, 0.1) is 28.4 Å². The standard InChI is InChI=1S/C16H12ClF2N3O/c17-12-9-3-4-10(18)13(19)14(9)21-7-11(12)22-15(23)16(8-20)5-1-2-6-16/h3-4,7H,1-2,5-6H2,(H,22,23). The number of halogens is 3. The maximum atomic E-state index is 13.7. The van der Waals surface area contributed by atoms with Crippen molar-refractivity contribution in [3.63, 3.8) is 0 Å². The molecule has 4 nitrogen and oxygen atoms in total. The van der Waals surface area contributed by atoms with E-state index in [0.29, 0.717) is 12.8 Å². The number of nitrogens with one attached hydrogen (secondary N) is 1. The first kappa shape index (κ1) is 15.6. The molecule has 1 N–H and O–H groups in total. The van der Waals surface area contributed by atoms with E-state index in [0.717, 1.165) is 18.9 Å². The number of benzene rings is 1. The van der Waals surface area contributed by atoms with Gasteiger partial charge in [-0.25, -0.2) is 8.78 Å². The fourth-order valence-corrected chi connectivity index (χ4v) is 3.12. The Balaban J connectivity index is 1.98. The number of rotatable bonds is 2. The van der Waals surface area contributed by atoms with E-state index in [1.165, 1.54) is 12.3 Å².